The smallest absolute Gasteiger partial charge is 0.168 e. The van der Waals surface area contributed by atoms with Gasteiger partial charge in [0.2, 0.25) is 0 Å². The molecule has 1 aliphatic carbocycles. The van der Waals surface area contributed by atoms with Crippen LogP contribution in [0.5, 0.6) is 5.75 Å². The topological polar surface area (TPSA) is 37.4 Å². The standard InChI is InChI=1S/C13H21N3O/c1-16(2)13(7-5-8-13)10-15-12-11(17-3)6-4-9-14-12/h4,6,9H,5,7-8,10H2,1-3H3,(H,14,15). The Morgan fingerprint density at radius 1 is 1.47 bits per heavy atom. The van der Waals surface area contributed by atoms with Gasteiger partial charge >= 0.3 is 0 Å². The Hall–Kier alpha value is -1.29. The summed E-state index contributed by atoms with van der Waals surface area (Å²) in [6.45, 7) is 0.924. The van der Waals surface area contributed by atoms with Crippen molar-refractivity contribution < 1.29 is 4.74 Å². The number of anilines is 1. The van der Waals surface area contributed by atoms with Gasteiger partial charge in [-0.3, -0.25) is 0 Å². The molecule has 0 atom stereocenters. The van der Waals surface area contributed by atoms with Gasteiger partial charge in [-0.15, -0.1) is 0 Å². The molecule has 4 nitrogen and oxygen atoms in total. The number of hydrogen-bond donors (Lipinski definition) is 1. The summed E-state index contributed by atoms with van der Waals surface area (Å²) < 4.78 is 5.28. The van der Waals surface area contributed by atoms with E-state index in [1.165, 1.54) is 19.3 Å². The van der Waals surface area contributed by atoms with Crippen LogP contribution < -0.4 is 10.1 Å². The third kappa shape index (κ3) is 2.36. The van der Waals surface area contributed by atoms with E-state index in [4.69, 9.17) is 4.74 Å². The maximum atomic E-state index is 5.28. The van der Waals surface area contributed by atoms with Gasteiger partial charge in [-0.25, -0.2) is 4.98 Å². The van der Waals surface area contributed by atoms with Crippen molar-refractivity contribution in [1.29, 1.82) is 0 Å². The lowest BCUT2D eigenvalue weighted by atomic mass is 9.75. The predicted molar refractivity (Wildman–Crippen MR) is 69.5 cm³/mol. The van der Waals surface area contributed by atoms with Crippen LogP contribution in [0.2, 0.25) is 0 Å². The van der Waals surface area contributed by atoms with Gasteiger partial charge in [0.05, 0.1) is 7.11 Å². The number of aromatic nitrogens is 1. The summed E-state index contributed by atoms with van der Waals surface area (Å²) in [5.41, 5.74) is 0.294. The Kier molecular flexibility index (Phi) is 3.52. The maximum absolute atomic E-state index is 5.28. The molecule has 0 amide bonds. The molecule has 94 valence electrons. The molecule has 2 rings (SSSR count). The van der Waals surface area contributed by atoms with Gasteiger partial charge in [-0.1, -0.05) is 0 Å². The summed E-state index contributed by atoms with van der Waals surface area (Å²) in [7, 11) is 5.97. The van der Waals surface area contributed by atoms with Crippen LogP contribution in [0, 0.1) is 0 Å². The average Bonchev–Trinajstić information content (AvgIpc) is 2.27. The fourth-order valence-corrected chi connectivity index (χ4v) is 2.30. The van der Waals surface area contributed by atoms with Crippen LogP contribution in [0.1, 0.15) is 19.3 Å². The molecular formula is C13H21N3O. The highest BCUT2D eigenvalue weighted by Crippen LogP contribution is 2.36. The Labute approximate surface area is 103 Å². The van der Waals surface area contributed by atoms with Crippen molar-refractivity contribution in [2.24, 2.45) is 0 Å². The number of rotatable bonds is 5. The number of ether oxygens (including phenoxy) is 1. The molecule has 1 aliphatic rings. The minimum Gasteiger partial charge on any atom is -0.493 e. The summed E-state index contributed by atoms with van der Waals surface area (Å²) in [4.78, 5) is 6.63. The fourth-order valence-electron chi connectivity index (χ4n) is 2.30. The molecule has 0 bridgehead atoms. The van der Waals surface area contributed by atoms with Gasteiger partial charge in [0.15, 0.2) is 11.6 Å². The van der Waals surface area contributed by atoms with Crippen molar-refractivity contribution in [3.63, 3.8) is 0 Å². The van der Waals surface area contributed by atoms with Crippen molar-refractivity contribution in [3.05, 3.63) is 18.3 Å². The van der Waals surface area contributed by atoms with Crippen molar-refractivity contribution >= 4 is 5.82 Å². The third-order valence-corrected chi connectivity index (χ3v) is 3.81. The Morgan fingerprint density at radius 2 is 2.24 bits per heavy atom. The van der Waals surface area contributed by atoms with Crippen molar-refractivity contribution in [2.75, 3.05) is 33.1 Å². The number of methoxy groups -OCH3 is 1. The third-order valence-electron chi connectivity index (χ3n) is 3.81. The number of nitrogens with one attached hydrogen (secondary N) is 1. The molecule has 0 saturated heterocycles. The molecule has 0 spiro atoms. The normalized spacial score (nSPS) is 17.6. The van der Waals surface area contributed by atoms with Gasteiger partial charge in [0.1, 0.15) is 0 Å². The minimum absolute atomic E-state index is 0.294. The average molecular weight is 235 g/mol. The van der Waals surface area contributed by atoms with Gasteiger partial charge in [0.25, 0.3) is 0 Å². The molecule has 1 saturated carbocycles. The van der Waals surface area contributed by atoms with Crippen LogP contribution in [-0.2, 0) is 0 Å². The SMILES string of the molecule is COc1cccnc1NCC1(N(C)C)CCC1. The van der Waals surface area contributed by atoms with Crippen LogP contribution in [-0.4, -0.2) is 43.2 Å². The first-order valence-corrected chi connectivity index (χ1v) is 6.08. The predicted octanol–water partition coefficient (Wildman–Crippen LogP) is 1.99. The lowest BCUT2D eigenvalue weighted by molar-refractivity contribution is 0.0738. The monoisotopic (exact) mass is 235 g/mol. The van der Waals surface area contributed by atoms with Crippen molar-refractivity contribution in [1.82, 2.24) is 9.88 Å². The van der Waals surface area contributed by atoms with Gasteiger partial charge < -0.3 is 15.0 Å². The highest BCUT2D eigenvalue weighted by Gasteiger charge is 2.38. The molecule has 0 unspecified atom stereocenters. The lowest BCUT2D eigenvalue weighted by Crippen LogP contribution is -2.54. The first-order valence-electron chi connectivity index (χ1n) is 6.08. The number of likely N-dealkylation sites (N-methyl/N-ethyl adjacent to an activating group) is 1. The van der Waals surface area contributed by atoms with E-state index in [2.05, 4.69) is 29.3 Å². The maximum Gasteiger partial charge on any atom is 0.168 e. The van der Waals surface area contributed by atoms with Crippen LogP contribution in [0.15, 0.2) is 18.3 Å². The molecule has 1 fully saturated rings. The summed E-state index contributed by atoms with van der Waals surface area (Å²) in [5, 5.41) is 3.41. The highest BCUT2D eigenvalue weighted by atomic mass is 16.5. The van der Waals surface area contributed by atoms with E-state index < -0.39 is 0 Å². The molecule has 1 aromatic rings. The molecule has 4 heteroatoms. The van der Waals surface area contributed by atoms with Crippen molar-refractivity contribution in [3.8, 4) is 5.75 Å². The van der Waals surface area contributed by atoms with E-state index in [-0.39, 0.29) is 0 Å². The van der Waals surface area contributed by atoms with E-state index in [1.54, 1.807) is 13.3 Å². The zero-order chi connectivity index (χ0) is 12.3. The minimum atomic E-state index is 0.294. The number of hydrogen-bond acceptors (Lipinski definition) is 4. The molecule has 0 aliphatic heterocycles. The van der Waals surface area contributed by atoms with E-state index in [1.807, 2.05) is 12.1 Å². The van der Waals surface area contributed by atoms with E-state index in [0.29, 0.717) is 5.54 Å². The van der Waals surface area contributed by atoms with Crippen LogP contribution in [0.3, 0.4) is 0 Å². The van der Waals surface area contributed by atoms with Crippen molar-refractivity contribution in [2.45, 2.75) is 24.8 Å². The second kappa shape index (κ2) is 4.92. The molecule has 17 heavy (non-hydrogen) atoms. The summed E-state index contributed by atoms with van der Waals surface area (Å²) in [6, 6.07) is 3.81. The molecule has 1 aromatic heterocycles. The van der Waals surface area contributed by atoms with Crippen LogP contribution >= 0.6 is 0 Å². The Morgan fingerprint density at radius 3 is 2.76 bits per heavy atom. The second-order valence-electron chi connectivity index (χ2n) is 4.88. The van der Waals surface area contributed by atoms with E-state index in [9.17, 15) is 0 Å². The first-order chi connectivity index (χ1) is 8.18. The van der Waals surface area contributed by atoms with Gasteiger partial charge in [-0.05, 0) is 45.5 Å². The quantitative estimate of drug-likeness (QED) is 0.847. The van der Waals surface area contributed by atoms with Crippen LogP contribution in [0.25, 0.3) is 0 Å². The molecule has 1 heterocycles. The van der Waals surface area contributed by atoms with Crippen LogP contribution in [0.4, 0.5) is 5.82 Å². The molecular weight excluding hydrogens is 214 g/mol. The highest BCUT2D eigenvalue weighted by molar-refractivity contribution is 5.49. The second-order valence-corrected chi connectivity index (χ2v) is 4.88. The van der Waals surface area contributed by atoms with Gasteiger partial charge in [-0.2, -0.15) is 0 Å². The fraction of sp³-hybridized carbons (Fsp3) is 0.615. The lowest BCUT2D eigenvalue weighted by Gasteiger charge is -2.47. The largest absolute Gasteiger partial charge is 0.493 e. The molecule has 0 aromatic carbocycles. The Balaban J connectivity index is 2.02. The van der Waals surface area contributed by atoms with Gasteiger partial charge in [0, 0.05) is 18.3 Å². The van der Waals surface area contributed by atoms with E-state index >= 15 is 0 Å². The zero-order valence-corrected chi connectivity index (χ0v) is 10.9. The zero-order valence-electron chi connectivity index (χ0n) is 10.9. The summed E-state index contributed by atoms with van der Waals surface area (Å²) in [5.74, 6) is 1.64. The first kappa shape index (κ1) is 12.2. The number of nitrogens with zero attached hydrogens (tertiary/aromatic N) is 2. The molecule has 1 N–H and O–H groups in total. The molecule has 0 radical (unpaired) electrons. The van der Waals surface area contributed by atoms with E-state index in [0.717, 1.165) is 18.1 Å². The Bertz CT molecular complexity index is 375. The summed E-state index contributed by atoms with van der Waals surface area (Å²) in [6.07, 6.45) is 5.61. The summed E-state index contributed by atoms with van der Waals surface area (Å²) >= 11 is 0. The number of pyridine rings is 1.